The van der Waals surface area contributed by atoms with Crippen LogP contribution in [-0.2, 0) is 0 Å². The highest BCUT2D eigenvalue weighted by atomic mass is 16.3. The van der Waals surface area contributed by atoms with Crippen LogP contribution in [0.5, 0.6) is 0 Å². The van der Waals surface area contributed by atoms with Crippen molar-refractivity contribution < 1.29 is 8.83 Å². The van der Waals surface area contributed by atoms with Crippen molar-refractivity contribution in [1.82, 2.24) is 0 Å². The Balaban J connectivity index is 1.30. The van der Waals surface area contributed by atoms with Gasteiger partial charge in [-0.2, -0.15) is 0 Å². The zero-order chi connectivity index (χ0) is 31.6. The Kier molecular flexibility index (Phi) is 5.91. The summed E-state index contributed by atoms with van der Waals surface area (Å²) in [6.07, 6.45) is 0. The number of rotatable bonds is 4. The molecule has 48 heavy (non-hydrogen) atoms. The summed E-state index contributed by atoms with van der Waals surface area (Å²) in [5.41, 5.74) is 10.7. The van der Waals surface area contributed by atoms with Gasteiger partial charge in [-0.15, -0.1) is 0 Å². The van der Waals surface area contributed by atoms with Crippen molar-refractivity contribution in [3.63, 3.8) is 0 Å². The van der Waals surface area contributed by atoms with E-state index in [4.69, 9.17) is 8.83 Å². The Labute approximate surface area is 277 Å². The SMILES string of the molecule is c1ccc(-c2ccc(-c3c4ccccc4c(-c4c(-c5ccccc5)oc5cc6c(cc45)oc4ccccc46)c4ccccc34)cc2)cc1. The van der Waals surface area contributed by atoms with Gasteiger partial charge in [-0.3, -0.25) is 0 Å². The lowest BCUT2D eigenvalue weighted by Gasteiger charge is -2.18. The van der Waals surface area contributed by atoms with Crippen LogP contribution in [0.25, 0.3) is 99.2 Å². The molecule has 224 valence electrons. The molecule has 0 aliphatic carbocycles. The molecule has 0 N–H and O–H groups in total. The average Bonchev–Trinajstić information content (AvgIpc) is 3.71. The predicted octanol–water partition coefficient (Wildman–Crippen LogP) is 13.3. The Morgan fingerprint density at radius 3 is 1.35 bits per heavy atom. The maximum Gasteiger partial charge on any atom is 0.143 e. The number of hydrogen-bond acceptors (Lipinski definition) is 2. The molecule has 0 radical (unpaired) electrons. The van der Waals surface area contributed by atoms with Crippen LogP contribution < -0.4 is 0 Å². The predicted molar refractivity (Wildman–Crippen MR) is 200 cm³/mol. The first-order valence-electron chi connectivity index (χ1n) is 16.3. The van der Waals surface area contributed by atoms with Crippen LogP contribution >= 0.6 is 0 Å². The highest BCUT2D eigenvalue weighted by molar-refractivity contribution is 6.25. The summed E-state index contributed by atoms with van der Waals surface area (Å²) in [4.78, 5) is 0. The van der Waals surface area contributed by atoms with Crippen molar-refractivity contribution >= 4 is 54.5 Å². The van der Waals surface area contributed by atoms with Crippen molar-refractivity contribution in [3.05, 3.63) is 170 Å². The first kappa shape index (κ1) is 26.8. The number of hydrogen-bond donors (Lipinski definition) is 0. The molecule has 0 unspecified atom stereocenters. The molecule has 0 aliphatic heterocycles. The number of para-hydroxylation sites is 1. The van der Waals surface area contributed by atoms with E-state index in [0.717, 1.165) is 49.8 Å². The van der Waals surface area contributed by atoms with Gasteiger partial charge in [-0.05, 0) is 62.0 Å². The van der Waals surface area contributed by atoms with Gasteiger partial charge in [0.15, 0.2) is 0 Å². The van der Waals surface area contributed by atoms with Crippen molar-refractivity contribution in [3.8, 4) is 44.7 Å². The fourth-order valence-electron chi connectivity index (χ4n) is 7.52. The Hall–Kier alpha value is -6.38. The van der Waals surface area contributed by atoms with Crippen LogP contribution in [0.4, 0.5) is 0 Å². The van der Waals surface area contributed by atoms with Crippen molar-refractivity contribution in [2.24, 2.45) is 0 Å². The molecule has 8 aromatic carbocycles. The number of fused-ring (bicyclic) bond motifs is 6. The summed E-state index contributed by atoms with van der Waals surface area (Å²) in [7, 11) is 0. The summed E-state index contributed by atoms with van der Waals surface area (Å²) < 4.78 is 13.3. The van der Waals surface area contributed by atoms with Crippen LogP contribution in [0, 0.1) is 0 Å². The Morgan fingerprint density at radius 1 is 0.250 bits per heavy atom. The monoisotopic (exact) mass is 612 g/mol. The second kappa shape index (κ2) is 10.6. The average molecular weight is 613 g/mol. The molecular formula is C46H28O2. The van der Waals surface area contributed by atoms with Crippen molar-refractivity contribution in [2.75, 3.05) is 0 Å². The topological polar surface area (TPSA) is 26.3 Å². The third-order valence-electron chi connectivity index (χ3n) is 9.69. The van der Waals surface area contributed by atoms with Gasteiger partial charge in [0.25, 0.3) is 0 Å². The van der Waals surface area contributed by atoms with E-state index in [-0.39, 0.29) is 0 Å². The summed E-state index contributed by atoms with van der Waals surface area (Å²) >= 11 is 0. The maximum atomic E-state index is 6.89. The molecule has 2 heteroatoms. The molecular weight excluding hydrogens is 585 g/mol. The molecule has 2 nitrogen and oxygen atoms in total. The lowest BCUT2D eigenvalue weighted by atomic mass is 9.84. The van der Waals surface area contributed by atoms with E-state index >= 15 is 0 Å². The molecule has 10 rings (SSSR count). The van der Waals surface area contributed by atoms with E-state index in [9.17, 15) is 0 Å². The van der Waals surface area contributed by atoms with Gasteiger partial charge in [0.1, 0.15) is 22.5 Å². The molecule has 0 bridgehead atoms. The zero-order valence-corrected chi connectivity index (χ0v) is 26.0. The molecule has 0 amide bonds. The first-order chi connectivity index (χ1) is 23.8. The van der Waals surface area contributed by atoms with Gasteiger partial charge in [0, 0.05) is 32.8 Å². The highest BCUT2D eigenvalue weighted by Gasteiger charge is 2.25. The van der Waals surface area contributed by atoms with E-state index in [1.807, 2.05) is 18.2 Å². The smallest absolute Gasteiger partial charge is 0.143 e. The molecule has 0 saturated carbocycles. The molecule has 0 aliphatic rings. The second-order valence-electron chi connectivity index (χ2n) is 12.4. The van der Waals surface area contributed by atoms with E-state index in [1.165, 1.54) is 49.4 Å². The van der Waals surface area contributed by atoms with Crippen molar-refractivity contribution in [2.45, 2.75) is 0 Å². The van der Waals surface area contributed by atoms with Crippen LogP contribution in [0.3, 0.4) is 0 Å². The Bertz CT molecular complexity index is 2750. The fourth-order valence-corrected chi connectivity index (χ4v) is 7.52. The quantitative estimate of drug-likeness (QED) is 0.185. The van der Waals surface area contributed by atoms with Crippen LogP contribution in [-0.4, -0.2) is 0 Å². The van der Waals surface area contributed by atoms with E-state index in [2.05, 4.69) is 152 Å². The van der Waals surface area contributed by atoms with Gasteiger partial charge in [0.05, 0.1) is 0 Å². The zero-order valence-electron chi connectivity index (χ0n) is 26.0. The van der Waals surface area contributed by atoms with Gasteiger partial charge in [-0.25, -0.2) is 0 Å². The lowest BCUT2D eigenvalue weighted by molar-refractivity contribution is 0.632. The summed E-state index contributed by atoms with van der Waals surface area (Å²) in [5.74, 6) is 0.859. The molecule has 10 aromatic rings. The minimum Gasteiger partial charge on any atom is -0.456 e. The van der Waals surface area contributed by atoms with Crippen LogP contribution in [0.15, 0.2) is 179 Å². The van der Waals surface area contributed by atoms with E-state index in [0.29, 0.717) is 0 Å². The summed E-state index contributed by atoms with van der Waals surface area (Å²) in [5, 5.41) is 7.96. The third-order valence-corrected chi connectivity index (χ3v) is 9.69. The number of furan rings is 2. The second-order valence-corrected chi connectivity index (χ2v) is 12.4. The van der Waals surface area contributed by atoms with Crippen LogP contribution in [0.1, 0.15) is 0 Å². The van der Waals surface area contributed by atoms with Crippen LogP contribution in [0.2, 0.25) is 0 Å². The van der Waals surface area contributed by atoms with Gasteiger partial charge in [-0.1, -0.05) is 152 Å². The van der Waals surface area contributed by atoms with Gasteiger partial charge < -0.3 is 8.83 Å². The molecule has 2 aromatic heterocycles. The highest BCUT2D eigenvalue weighted by Crippen LogP contribution is 2.50. The molecule has 0 fully saturated rings. The summed E-state index contributed by atoms with van der Waals surface area (Å²) in [6.45, 7) is 0. The fraction of sp³-hybridized carbons (Fsp3) is 0. The molecule has 0 spiro atoms. The minimum atomic E-state index is 0.844. The van der Waals surface area contributed by atoms with Crippen molar-refractivity contribution in [1.29, 1.82) is 0 Å². The molecule has 0 atom stereocenters. The van der Waals surface area contributed by atoms with E-state index < -0.39 is 0 Å². The van der Waals surface area contributed by atoms with Gasteiger partial charge >= 0.3 is 0 Å². The standard InChI is InChI=1S/C46H28O2/c1-3-13-29(14-4-1)30-23-25-31(26-24-30)43-34-18-7-9-20-36(34)44(37-21-10-8-19-35(37)43)45-39-28-41-38(33-17-11-12-22-40(33)47-41)27-42(39)48-46(45)32-15-5-2-6-16-32/h1-28H. The maximum absolute atomic E-state index is 6.89. The molecule has 2 heterocycles. The van der Waals surface area contributed by atoms with E-state index in [1.54, 1.807) is 0 Å². The third kappa shape index (κ3) is 4.06. The van der Waals surface area contributed by atoms with Gasteiger partial charge in [0.2, 0.25) is 0 Å². The largest absolute Gasteiger partial charge is 0.456 e. The Morgan fingerprint density at radius 2 is 0.708 bits per heavy atom. The number of benzene rings is 8. The molecule has 0 saturated heterocycles. The lowest BCUT2D eigenvalue weighted by Crippen LogP contribution is -1.91. The normalized spacial score (nSPS) is 11.8. The minimum absolute atomic E-state index is 0.844. The first-order valence-corrected chi connectivity index (χ1v) is 16.3. The summed E-state index contributed by atoms with van der Waals surface area (Å²) in [6, 6.07) is 60.2.